The molecule has 1 saturated carbocycles. The van der Waals surface area contributed by atoms with E-state index in [9.17, 15) is 14.4 Å². The zero-order chi connectivity index (χ0) is 17.0. The van der Waals surface area contributed by atoms with Crippen LogP contribution in [0.3, 0.4) is 0 Å². The molecule has 0 atom stereocenters. The first-order chi connectivity index (χ1) is 10.9. The molecule has 6 nitrogen and oxygen atoms in total. The Bertz CT molecular complexity index is 464. The fourth-order valence-electron chi connectivity index (χ4n) is 3.55. The van der Waals surface area contributed by atoms with Gasteiger partial charge < -0.3 is 10.2 Å². The van der Waals surface area contributed by atoms with Gasteiger partial charge in [0.1, 0.15) is 12.1 Å². The number of carbonyl (C=O) groups excluding carboxylic acids is 3. The first-order valence-corrected chi connectivity index (χ1v) is 8.85. The van der Waals surface area contributed by atoms with E-state index in [4.69, 9.17) is 0 Å². The molecule has 6 heteroatoms. The molecule has 1 spiro atoms. The molecular formula is C17H29N3O3. The van der Waals surface area contributed by atoms with Crippen LogP contribution in [0.15, 0.2) is 0 Å². The molecule has 1 N–H and O–H groups in total. The van der Waals surface area contributed by atoms with Crippen LogP contribution in [-0.4, -0.2) is 52.8 Å². The largest absolute Gasteiger partial charge is 0.341 e. The molecule has 0 aromatic heterocycles. The van der Waals surface area contributed by atoms with Gasteiger partial charge in [0.15, 0.2) is 0 Å². The molecule has 2 aliphatic rings. The number of nitrogens with one attached hydrogen (secondary N) is 1. The summed E-state index contributed by atoms with van der Waals surface area (Å²) in [6, 6.07) is -0.411. The van der Waals surface area contributed by atoms with Crippen LogP contribution in [-0.2, 0) is 9.59 Å². The van der Waals surface area contributed by atoms with Crippen molar-refractivity contribution in [3.63, 3.8) is 0 Å². The van der Waals surface area contributed by atoms with Crippen molar-refractivity contribution in [2.75, 3.05) is 19.6 Å². The fraction of sp³-hybridized carbons (Fsp3) is 0.824. The molecule has 23 heavy (non-hydrogen) atoms. The topological polar surface area (TPSA) is 69.7 Å². The van der Waals surface area contributed by atoms with Crippen molar-refractivity contribution >= 4 is 17.8 Å². The fourth-order valence-corrected chi connectivity index (χ4v) is 3.55. The number of carbonyl (C=O) groups is 3. The summed E-state index contributed by atoms with van der Waals surface area (Å²) in [4.78, 5) is 40.3. The summed E-state index contributed by atoms with van der Waals surface area (Å²) < 4.78 is 0. The maximum atomic E-state index is 12.7. The lowest BCUT2D eigenvalue weighted by Gasteiger charge is -2.33. The van der Waals surface area contributed by atoms with Gasteiger partial charge in [-0.3, -0.25) is 14.5 Å². The second kappa shape index (κ2) is 7.32. The van der Waals surface area contributed by atoms with Crippen LogP contribution < -0.4 is 5.32 Å². The number of hydrogen-bond donors (Lipinski definition) is 1. The molecule has 4 amide bonds. The van der Waals surface area contributed by atoms with Gasteiger partial charge in [-0.15, -0.1) is 0 Å². The third-order valence-corrected chi connectivity index (χ3v) is 5.01. The maximum Gasteiger partial charge on any atom is 0.325 e. The molecule has 0 bridgehead atoms. The summed E-state index contributed by atoms with van der Waals surface area (Å²) >= 11 is 0. The summed E-state index contributed by atoms with van der Waals surface area (Å²) in [5.74, 6) is 0.236. The van der Waals surface area contributed by atoms with Gasteiger partial charge in [0, 0.05) is 13.1 Å². The van der Waals surface area contributed by atoms with Gasteiger partial charge in [-0.05, 0) is 44.4 Å². The number of rotatable bonds is 6. The minimum absolute atomic E-state index is 0.137. The highest BCUT2D eigenvalue weighted by molar-refractivity contribution is 6.09. The van der Waals surface area contributed by atoms with E-state index in [1.165, 1.54) is 0 Å². The SMILES string of the molecule is CCCN(CCC)C(=O)CN1C(=O)NC2(CCC(C)CC2)C1=O. The summed E-state index contributed by atoms with van der Waals surface area (Å²) in [6.45, 7) is 7.40. The summed E-state index contributed by atoms with van der Waals surface area (Å²) in [6.07, 6.45) is 4.97. The summed E-state index contributed by atoms with van der Waals surface area (Å²) in [5.41, 5.74) is -0.760. The molecule has 0 radical (unpaired) electrons. The van der Waals surface area contributed by atoms with Crippen LogP contribution in [0.1, 0.15) is 59.3 Å². The second-order valence-electron chi connectivity index (χ2n) is 6.97. The van der Waals surface area contributed by atoms with Crippen LogP contribution in [0, 0.1) is 5.92 Å². The predicted molar refractivity (Wildman–Crippen MR) is 87.8 cm³/mol. The van der Waals surface area contributed by atoms with Gasteiger partial charge in [-0.2, -0.15) is 0 Å². The maximum absolute atomic E-state index is 12.7. The van der Waals surface area contributed by atoms with E-state index in [-0.39, 0.29) is 18.4 Å². The van der Waals surface area contributed by atoms with E-state index in [0.29, 0.717) is 31.8 Å². The minimum Gasteiger partial charge on any atom is -0.341 e. The normalized spacial score (nSPS) is 27.4. The van der Waals surface area contributed by atoms with Gasteiger partial charge in [-0.25, -0.2) is 4.79 Å². The van der Waals surface area contributed by atoms with Crippen molar-refractivity contribution in [2.24, 2.45) is 5.92 Å². The molecule has 0 unspecified atom stereocenters. The van der Waals surface area contributed by atoms with E-state index >= 15 is 0 Å². The predicted octanol–water partition coefficient (Wildman–Crippen LogP) is 2.14. The highest BCUT2D eigenvalue weighted by Gasteiger charge is 2.52. The first-order valence-electron chi connectivity index (χ1n) is 8.85. The molecule has 2 fully saturated rings. The van der Waals surface area contributed by atoms with E-state index in [1.54, 1.807) is 4.90 Å². The standard InChI is InChI=1S/C17H29N3O3/c1-4-10-19(11-5-2)14(21)12-20-15(22)17(18-16(20)23)8-6-13(3)7-9-17/h13H,4-12H2,1-3H3,(H,18,23). The van der Waals surface area contributed by atoms with Crippen molar-refractivity contribution in [2.45, 2.75) is 64.8 Å². The zero-order valence-corrected chi connectivity index (χ0v) is 14.6. The van der Waals surface area contributed by atoms with Gasteiger partial charge in [0.2, 0.25) is 5.91 Å². The summed E-state index contributed by atoms with van der Waals surface area (Å²) in [7, 11) is 0. The van der Waals surface area contributed by atoms with E-state index in [1.807, 2.05) is 13.8 Å². The van der Waals surface area contributed by atoms with Crippen molar-refractivity contribution in [3.8, 4) is 0 Å². The van der Waals surface area contributed by atoms with Crippen molar-refractivity contribution < 1.29 is 14.4 Å². The Morgan fingerprint density at radius 2 is 1.78 bits per heavy atom. The Morgan fingerprint density at radius 1 is 1.22 bits per heavy atom. The molecule has 1 aliphatic carbocycles. The van der Waals surface area contributed by atoms with Gasteiger partial charge in [0.25, 0.3) is 5.91 Å². The molecule has 130 valence electrons. The number of amides is 4. The number of urea groups is 1. The van der Waals surface area contributed by atoms with Gasteiger partial charge >= 0.3 is 6.03 Å². The average Bonchev–Trinajstić information content (AvgIpc) is 2.74. The Kier molecular flexibility index (Phi) is 5.65. The van der Waals surface area contributed by atoms with Crippen LogP contribution in [0.25, 0.3) is 0 Å². The third-order valence-electron chi connectivity index (χ3n) is 5.01. The van der Waals surface area contributed by atoms with Crippen molar-refractivity contribution in [1.82, 2.24) is 15.1 Å². The molecule has 1 saturated heterocycles. The molecule has 0 aromatic carbocycles. The Labute approximate surface area is 138 Å². The van der Waals surface area contributed by atoms with E-state index < -0.39 is 11.6 Å². The highest BCUT2D eigenvalue weighted by atomic mass is 16.2. The monoisotopic (exact) mass is 323 g/mol. The van der Waals surface area contributed by atoms with Crippen LogP contribution in [0.2, 0.25) is 0 Å². The lowest BCUT2D eigenvalue weighted by atomic mass is 9.77. The second-order valence-corrected chi connectivity index (χ2v) is 6.97. The van der Waals surface area contributed by atoms with Crippen LogP contribution in [0.5, 0.6) is 0 Å². The third kappa shape index (κ3) is 3.67. The van der Waals surface area contributed by atoms with Crippen molar-refractivity contribution in [1.29, 1.82) is 0 Å². The highest BCUT2D eigenvalue weighted by Crippen LogP contribution is 2.36. The Balaban J connectivity index is 2.04. The van der Waals surface area contributed by atoms with E-state index in [2.05, 4.69) is 12.2 Å². The summed E-state index contributed by atoms with van der Waals surface area (Å²) in [5, 5.41) is 2.86. The molecule has 1 heterocycles. The minimum atomic E-state index is -0.760. The van der Waals surface area contributed by atoms with Crippen LogP contribution in [0.4, 0.5) is 4.79 Å². The van der Waals surface area contributed by atoms with Gasteiger partial charge in [0.05, 0.1) is 0 Å². The molecule has 2 rings (SSSR count). The van der Waals surface area contributed by atoms with Crippen molar-refractivity contribution in [3.05, 3.63) is 0 Å². The Morgan fingerprint density at radius 3 is 2.30 bits per heavy atom. The number of nitrogens with zero attached hydrogens (tertiary/aromatic N) is 2. The zero-order valence-electron chi connectivity index (χ0n) is 14.6. The quantitative estimate of drug-likeness (QED) is 0.761. The lowest BCUT2D eigenvalue weighted by Crippen LogP contribution is -2.50. The lowest BCUT2D eigenvalue weighted by molar-refractivity contribution is -0.139. The molecular weight excluding hydrogens is 294 g/mol. The average molecular weight is 323 g/mol. The number of hydrogen-bond acceptors (Lipinski definition) is 3. The molecule has 1 aliphatic heterocycles. The Hall–Kier alpha value is -1.59. The smallest absolute Gasteiger partial charge is 0.325 e. The van der Waals surface area contributed by atoms with Gasteiger partial charge in [-0.1, -0.05) is 20.8 Å². The first kappa shape index (κ1) is 17.8. The van der Waals surface area contributed by atoms with E-state index in [0.717, 1.165) is 30.6 Å². The molecule has 0 aromatic rings. The number of imide groups is 1. The van der Waals surface area contributed by atoms with Crippen LogP contribution >= 0.6 is 0 Å².